The highest BCUT2D eigenvalue weighted by molar-refractivity contribution is 5.94. The summed E-state index contributed by atoms with van der Waals surface area (Å²) in [6.07, 6.45) is -4.45. The van der Waals surface area contributed by atoms with Crippen LogP contribution in [0.5, 0.6) is 0 Å². The van der Waals surface area contributed by atoms with E-state index in [1.807, 2.05) is 0 Å². The topological polar surface area (TPSA) is 46.3 Å². The number of alkyl halides is 3. The Hall–Kier alpha value is -1.56. The Morgan fingerprint density at radius 1 is 1.37 bits per heavy atom. The molecule has 0 fully saturated rings. The third kappa shape index (κ3) is 3.96. The van der Waals surface area contributed by atoms with Crippen molar-refractivity contribution in [1.82, 2.24) is 4.90 Å². The van der Waals surface area contributed by atoms with Crippen molar-refractivity contribution in [1.29, 1.82) is 0 Å². The SMILES string of the molecule is CC(C)N(CCN)C(=O)c1cccc(C(F)(F)F)c1. The summed E-state index contributed by atoms with van der Waals surface area (Å²) >= 11 is 0. The molecule has 0 bridgehead atoms. The van der Waals surface area contributed by atoms with Gasteiger partial charge in [0.25, 0.3) is 5.91 Å². The molecule has 0 saturated heterocycles. The average Bonchev–Trinajstić information content (AvgIpc) is 2.34. The fourth-order valence-corrected chi connectivity index (χ4v) is 1.73. The molecule has 0 radical (unpaired) electrons. The molecule has 0 aliphatic rings. The second kappa shape index (κ2) is 6.06. The number of carbonyl (C=O) groups excluding carboxylic acids is 1. The lowest BCUT2D eigenvalue weighted by Gasteiger charge is -2.26. The maximum Gasteiger partial charge on any atom is 0.416 e. The second-order valence-electron chi connectivity index (χ2n) is 4.46. The molecular weight excluding hydrogens is 257 g/mol. The number of amides is 1. The Morgan fingerprint density at radius 2 is 2.00 bits per heavy atom. The number of hydrogen-bond donors (Lipinski definition) is 1. The normalized spacial score (nSPS) is 11.7. The number of halogens is 3. The first kappa shape index (κ1) is 15.5. The summed E-state index contributed by atoms with van der Waals surface area (Å²) in [5.74, 6) is -0.438. The summed E-state index contributed by atoms with van der Waals surface area (Å²) in [7, 11) is 0. The van der Waals surface area contributed by atoms with Gasteiger partial charge in [-0.25, -0.2) is 0 Å². The highest BCUT2D eigenvalue weighted by Crippen LogP contribution is 2.29. The summed E-state index contributed by atoms with van der Waals surface area (Å²) in [4.78, 5) is 13.6. The van der Waals surface area contributed by atoms with Crippen molar-refractivity contribution < 1.29 is 18.0 Å². The van der Waals surface area contributed by atoms with E-state index in [0.717, 1.165) is 12.1 Å². The monoisotopic (exact) mass is 274 g/mol. The number of hydrogen-bond acceptors (Lipinski definition) is 2. The van der Waals surface area contributed by atoms with Crippen LogP contribution in [0.1, 0.15) is 29.8 Å². The van der Waals surface area contributed by atoms with Crippen LogP contribution >= 0.6 is 0 Å². The molecule has 106 valence electrons. The third-order valence-electron chi connectivity index (χ3n) is 2.69. The molecular formula is C13H17F3N2O. The zero-order valence-electron chi connectivity index (χ0n) is 10.9. The zero-order valence-corrected chi connectivity index (χ0v) is 10.9. The number of nitrogens with two attached hydrogens (primary N) is 1. The molecule has 1 amide bonds. The minimum Gasteiger partial charge on any atom is -0.335 e. The first-order valence-corrected chi connectivity index (χ1v) is 5.95. The predicted molar refractivity (Wildman–Crippen MR) is 66.7 cm³/mol. The molecule has 0 heterocycles. The van der Waals surface area contributed by atoms with Crippen LogP contribution in [0.2, 0.25) is 0 Å². The van der Waals surface area contributed by atoms with Crippen molar-refractivity contribution in [3.63, 3.8) is 0 Å². The van der Waals surface area contributed by atoms with E-state index in [0.29, 0.717) is 6.54 Å². The van der Waals surface area contributed by atoms with Gasteiger partial charge < -0.3 is 10.6 Å². The largest absolute Gasteiger partial charge is 0.416 e. The summed E-state index contributed by atoms with van der Waals surface area (Å²) in [6, 6.07) is 4.30. The maximum absolute atomic E-state index is 12.6. The van der Waals surface area contributed by atoms with Crippen LogP contribution in [-0.2, 0) is 6.18 Å². The van der Waals surface area contributed by atoms with Crippen LogP contribution < -0.4 is 5.73 Å². The molecule has 1 rings (SSSR count). The van der Waals surface area contributed by atoms with Gasteiger partial charge in [-0.15, -0.1) is 0 Å². The van der Waals surface area contributed by atoms with Crippen molar-refractivity contribution in [3.8, 4) is 0 Å². The Kier molecular flexibility index (Phi) is 4.94. The van der Waals surface area contributed by atoms with Crippen LogP contribution in [0.15, 0.2) is 24.3 Å². The highest BCUT2D eigenvalue weighted by atomic mass is 19.4. The molecule has 0 saturated carbocycles. The van der Waals surface area contributed by atoms with Crippen LogP contribution in [0, 0.1) is 0 Å². The van der Waals surface area contributed by atoms with E-state index in [1.165, 1.54) is 17.0 Å². The van der Waals surface area contributed by atoms with Gasteiger partial charge >= 0.3 is 6.18 Å². The third-order valence-corrected chi connectivity index (χ3v) is 2.69. The van der Waals surface area contributed by atoms with Gasteiger partial charge in [-0.3, -0.25) is 4.79 Å². The van der Waals surface area contributed by atoms with Gasteiger partial charge in [-0.05, 0) is 32.0 Å². The molecule has 1 aromatic carbocycles. The molecule has 2 N–H and O–H groups in total. The van der Waals surface area contributed by atoms with E-state index in [9.17, 15) is 18.0 Å². The quantitative estimate of drug-likeness (QED) is 0.917. The second-order valence-corrected chi connectivity index (χ2v) is 4.46. The molecule has 0 aromatic heterocycles. The Bertz CT molecular complexity index is 444. The maximum atomic E-state index is 12.6. The molecule has 3 nitrogen and oxygen atoms in total. The lowest BCUT2D eigenvalue weighted by Crippen LogP contribution is -2.40. The van der Waals surface area contributed by atoms with Gasteiger partial charge in [0, 0.05) is 24.7 Å². The fraction of sp³-hybridized carbons (Fsp3) is 0.462. The minimum absolute atomic E-state index is 0.0250. The summed E-state index contributed by atoms with van der Waals surface area (Å²) in [5, 5.41) is 0. The van der Waals surface area contributed by atoms with E-state index in [2.05, 4.69) is 0 Å². The van der Waals surface area contributed by atoms with Gasteiger partial charge in [-0.1, -0.05) is 6.07 Å². The summed E-state index contributed by atoms with van der Waals surface area (Å²) in [5.41, 5.74) is 4.61. The van der Waals surface area contributed by atoms with E-state index in [-0.39, 0.29) is 18.2 Å². The zero-order chi connectivity index (χ0) is 14.6. The van der Waals surface area contributed by atoms with E-state index in [1.54, 1.807) is 13.8 Å². The molecule has 1 aromatic rings. The Balaban J connectivity index is 3.05. The minimum atomic E-state index is -4.45. The average molecular weight is 274 g/mol. The van der Waals surface area contributed by atoms with Gasteiger partial charge in [-0.2, -0.15) is 13.2 Å². The van der Waals surface area contributed by atoms with Crippen molar-refractivity contribution in [3.05, 3.63) is 35.4 Å². The van der Waals surface area contributed by atoms with Crippen molar-refractivity contribution in [2.75, 3.05) is 13.1 Å². The molecule has 6 heteroatoms. The highest BCUT2D eigenvalue weighted by Gasteiger charge is 2.31. The predicted octanol–water partition coefficient (Wildman–Crippen LogP) is 2.51. The van der Waals surface area contributed by atoms with Crippen LogP contribution in [0.25, 0.3) is 0 Å². The number of nitrogens with zero attached hydrogens (tertiary/aromatic N) is 1. The summed E-state index contributed by atoms with van der Waals surface area (Å²) < 4.78 is 37.8. The van der Waals surface area contributed by atoms with E-state index < -0.39 is 17.6 Å². The lowest BCUT2D eigenvalue weighted by molar-refractivity contribution is -0.137. The number of carbonyl (C=O) groups is 1. The lowest BCUT2D eigenvalue weighted by atomic mass is 10.1. The van der Waals surface area contributed by atoms with E-state index in [4.69, 9.17) is 5.73 Å². The number of rotatable bonds is 4. The van der Waals surface area contributed by atoms with Crippen molar-refractivity contribution in [2.45, 2.75) is 26.1 Å². The molecule has 0 aliphatic carbocycles. The van der Waals surface area contributed by atoms with Gasteiger partial charge in [0.15, 0.2) is 0 Å². The van der Waals surface area contributed by atoms with Crippen molar-refractivity contribution in [2.24, 2.45) is 5.73 Å². The molecule has 0 atom stereocenters. The molecule has 0 aliphatic heterocycles. The van der Waals surface area contributed by atoms with Gasteiger partial charge in [0.1, 0.15) is 0 Å². The van der Waals surface area contributed by atoms with E-state index >= 15 is 0 Å². The van der Waals surface area contributed by atoms with Gasteiger partial charge in [0.05, 0.1) is 5.56 Å². The Labute approximate surface area is 110 Å². The molecule has 0 spiro atoms. The van der Waals surface area contributed by atoms with Crippen LogP contribution in [-0.4, -0.2) is 29.9 Å². The Morgan fingerprint density at radius 3 is 2.47 bits per heavy atom. The first-order valence-electron chi connectivity index (χ1n) is 5.95. The number of benzene rings is 1. The van der Waals surface area contributed by atoms with Gasteiger partial charge in [0.2, 0.25) is 0 Å². The first-order chi connectivity index (χ1) is 8.77. The van der Waals surface area contributed by atoms with Crippen molar-refractivity contribution >= 4 is 5.91 Å². The molecule has 19 heavy (non-hydrogen) atoms. The van der Waals surface area contributed by atoms with Crippen LogP contribution in [0.3, 0.4) is 0 Å². The summed E-state index contributed by atoms with van der Waals surface area (Å²) in [6.45, 7) is 4.16. The standard InChI is InChI=1S/C13H17F3N2O/c1-9(2)18(7-6-17)12(19)10-4-3-5-11(8-10)13(14,15)16/h3-5,8-9H,6-7,17H2,1-2H3. The molecule has 0 unspecified atom stereocenters. The van der Waals surface area contributed by atoms with Crippen LogP contribution in [0.4, 0.5) is 13.2 Å². The fourth-order valence-electron chi connectivity index (χ4n) is 1.73. The smallest absolute Gasteiger partial charge is 0.335 e.